The standard InChI is InChI=1S/C10H18N2S/c1-4-9(11-5-2)6-10-7-13-8(3)12-10/h7,9,11H,4-6H2,1-3H3. The van der Waals surface area contributed by atoms with E-state index in [0.717, 1.165) is 13.0 Å². The highest BCUT2D eigenvalue weighted by atomic mass is 32.1. The van der Waals surface area contributed by atoms with E-state index in [1.54, 1.807) is 11.3 Å². The predicted molar refractivity (Wildman–Crippen MR) is 58.3 cm³/mol. The van der Waals surface area contributed by atoms with Crippen LogP contribution in [0.1, 0.15) is 31.0 Å². The van der Waals surface area contributed by atoms with E-state index >= 15 is 0 Å². The lowest BCUT2D eigenvalue weighted by Crippen LogP contribution is -2.30. The zero-order chi connectivity index (χ0) is 9.68. The zero-order valence-corrected chi connectivity index (χ0v) is 9.45. The molecule has 0 saturated carbocycles. The second-order valence-corrected chi connectivity index (χ2v) is 4.29. The lowest BCUT2D eigenvalue weighted by molar-refractivity contribution is 0.506. The monoisotopic (exact) mass is 198 g/mol. The summed E-state index contributed by atoms with van der Waals surface area (Å²) >= 11 is 1.74. The lowest BCUT2D eigenvalue weighted by atomic mass is 10.1. The minimum absolute atomic E-state index is 0.589. The van der Waals surface area contributed by atoms with Crippen molar-refractivity contribution in [3.63, 3.8) is 0 Å². The van der Waals surface area contributed by atoms with Gasteiger partial charge in [0.25, 0.3) is 0 Å². The third kappa shape index (κ3) is 3.44. The Kier molecular flexibility index (Phi) is 4.39. The smallest absolute Gasteiger partial charge is 0.0897 e. The molecule has 0 spiro atoms. The first kappa shape index (κ1) is 10.7. The highest BCUT2D eigenvalue weighted by Gasteiger charge is 2.07. The van der Waals surface area contributed by atoms with Gasteiger partial charge in [-0.05, 0) is 19.9 Å². The Labute approximate surface area is 84.4 Å². The zero-order valence-electron chi connectivity index (χ0n) is 8.63. The van der Waals surface area contributed by atoms with Gasteiger partial charge in [0.05, 0.1) is 10.7 Å². The average molecular weight is 198 g/mol. The Hall–Kier alpha value is -0.410. The Balaban J connectivity index is 2.46. The first-order chi connectivity index (χ1) is 6.26. The molecule has 0 aliphatic rings. The van der Waals surface area contributed by atoms with E-state index in [2.05, 4.69) is 36.5 Å². The first-order valence-corrected chi connectivity index (χ1v) is 5.78. The van der Waals surface area contributed by atoms with Crippen molar-refractivity contribution in [2.24, 2.45) is 0 Å². The molecule has 1 rings (SSSR count). The van der Waals surface area contributed by atoms with Crippen LogP contribution in [0.4, 0.5) is 0 Å². The van der Waals surface area contributed by atoms with Gasteiger partial charge in [0.15, 0.2) is 0 Å². The molecule has 1 unspecified atom stereocenters. The second kappa shape index (κ2) is 5.35. The van der Waals surface area contributed by atoms with Gasteiger partial charge >= 0.3 is 0 Å². The van der Waals surface area contributed by atoms with Crippen LogP contribution in [0.25, 0.3) is 0 Å². The molecule has 2 nitrogen and oxygen atoms in total. The first-order valence-electron chi connectivity index (χ1n) is 4.90. The van der Waals surface area contributed by atoms with Crippen molar-refractivity contribution in [1.29, 1.82) is 0 Å². The fourth-order valence-electron chi connectivity index (χ4n) is 1.40. The summed E-state index contributed by atoms with van der Waals surface area (Å²) in [5.41, 5.74) is 1.23. The van der Waals surface area contributed by atoms with Gasteiger partial charge in [-0.2, -0.15) is 0 Å². The molecule has 0 amide bonds. The van der Waals surface area contributed by atoms with E-state index in [1.807, 2.05) is 0 Å². The van der Waals surface area contributed by atoms with E-state index in [1.165, 1.54) is 17.1 Å². The molecule has 1 N–H and O–H groups in total. The number of aromatic nitrogens is 1. The number of nitrogens with zero attached hydrogens (tertiary/aromatic N) is 1. The maximum Gasteiger partial charge on any atom is 0.0897 e. The molecular weight excluding hydrogens is 180 g/mol. The van der Waals surface area contributed by atoms with Gasteiger partial charge in [0.1, 0.15) is 0 Å². The normalized spacial score (nSPS) is 13.2. The molecule has 74 valence electrons. The van der Waals surface area contributed by atoms with Gasteiger partial charge in [-0.15, -0.1) is 11.3 Å². The molecule has 3 heteroatoms. The summed E-state index contributed by atoms with van der Waals surface area (Å²) in [4.78, 5) is 4.46. The molecule has 0 saturated heterocycles. The third-order valence-corrected chi connectivity index (χ3v) is 2.93. The number of rotatable bonds is 5. The molecule has 13 heavy (non-hydrogen) atoms. The van der Waals surface area contributed by atoms with Crippen molar-refractivity contribution in [3.8, 4) is 0 Å². The van der Waals surface area contributed by atoms with E-state index in [-0.39, 0.29) is 0 Å². The van der Waals surface area contributed by atoms with Gasteiger partial charge in [0.2, 0.25) is 0 Å². The Morgan fingerprint density at radius 3 is 2.77 bits per heavy atom. The van der Waals surface area contributed by atoms with Gasteiger partial charge in [0, 0.05) is 17.8 Å². The molecule has 1 aromatic heterocycles. The lowest BCUT2D eigenvalue weighted by Gasteiger charge is -2.13. The van der Waals surface area contributed by atoms with Crippen LogP contribution in [0.3, 0.4) is 0 Å². The Morgan fingerprint density at radius 1 is 1.54 bits per heavy atom. The van der Waals surface area contributed by atoms with Crippen LogP contribution in [-0.2, 0) is 6.42 Å². The summed E-state index contributed by atoms with van der Waals surface area (Å²) in [6.45, 7) is 7.46. The van der Waals surface area contributed by atoms with Crippen molar-refractivity contribution in [1.82, 2.24) is 10.3 Å². The highest BCUT2D eigenvalue weighted by molar-refractivity contribution is 7.09. The van der Waals surface area contributed by atoms with Crippen LogP contribution in [0.2, 0.25) is 0 Å². The van der Waals surface area contributed by atoms with Crippen molar-refractivity contribution in [2.45, 2.75) is 39.7 Å². The van der Waals surface area contributed by atoms with Crippen LogP contribution in [0.15, 0.2) is 5.38 Å². The van der Waals surface area contributed by atoms with Crippen molar-refractivity contribution in [2.75, 3.05) is 6.54 Å². The summed E-state index contributed by atoms with van der Waals surface area (Å²) < 4.78 is 0. The third-order valence-electron chi connectivity index (χ3n) is 2.11. The molecule has 0 aliphatic carbocycles. The molecule has 0 aromatic carbocycles. The van der Waals surface area contributed by atoms with Gasteiger partial charge < -0.3 is 5.32 Å². The maximum absolute atomic E-state index is 4.46. The number of nitrogens with one attached hydrogen (secondary N) is 1. The number of aryl methyl sites for hydroxylation is 1. The van der Waals surface area contributed by atoms with Crippen molar-refractivity contribution in [3.05, 3.63) is 16.1 Å². The van der Waals surface area contributed by atoms with Crippen LogP contribution < -0.4 is 5.32 Å². The van der Waals surface area contributed by atoms with Crippen LogP contribution in [0, 0.1) is 6.92 Å². The van der Waals surface area contributed by atoms with Crippen LogP contribution in [-0.4, -0.2) is 17.6 Å². The largest absolute Gasteiger partial charge is 0.314 e. The van der Waals surface area contributed by atoms with E-state index in [9.17, 15) is 0 Å². The Morgan fingerprint density at radius 2 is 2.31 bits per heavy atom. The summed E-state index contributed by atoms with van der Waals surface area (Å²) in [6.07, 6.45) is 2.24. The fraction of sp³-hybridized carbons (Fsp3) is 0.700. The molecular formula is C10H18N2S. The topological polar surface area (TPSA) is 24.9 Å². The summed E-state index contributed by atoms with van der Waals surface area (Å²) in [6, 6.07) is 0.589. The quantitative estimate of drug-likeness (QED) is 0.785. The predicted octanol–water partition coefficient (Wildman–Crippen LogP) is 2.38. The maximum atomic E-state index is 4.46. The molecule has 1 atom stereocenters. The van der Waals surface area contributed by atoms with Crippen molar-refractivity contribution < 1.29 is 0 Å². The van der Waals surface area contributed by atoms with Gasteiger partial charge in [-0.3, -0.25) is 0 Å². The SMILES string of the molecule is CCNC(CC)Cc1csc(C)n1. The van der Waals surface area contributed by atoms with Crippen molar-refractivity contribution >= 4 is 11.3 Å². The second-order valence-electron chi connectivity index (χ2n) is 3.22. The number of hydrogen-bond acceptors (Lipinski definition) is 3. The number of hydrogen-bond donors (Lipinski definition) is 1. The molecule has 1 aromatic rings. The molecule has 0 radical (unpaired) electrons. The molecule has 0 bridgehead atoms. The average Bonchev–Trinajstić information content (AvgIpc) is 2.50. The summed E-state index contributed by atoms with van der Waals surface area (Å²) in [5.74, 6) is 0. The van der Waals surface area contributed by atoms with Gasteiger partial charge in [-0.25, -0.2) is 4.98 Å². The molecule has 0 fully saturated rings. The fourth-order valence-corrected chi connectivity index (χ4v) is 2.03. The van der Waals surface area contributed by atoms with E-state index in [0.29, 0.717) is 6.04 Å². The Bertz CT molecular complexity index is 245. The highest BCUT2D eigenvalue weighted by Crippen LogP contribution is 2.10. The summed E-state index contributed by atoms with van der Waals surface area (Å²) in [5, 5.41) is 6.78. The van der Waals surface area contributed by atoms with Crippen LogP contribution >= 0.6 is 11.3 Å². The summed E-state index contributed by atoms with van der Waals surface area (Å²) in [7, 11) is 0. The minimum Gasteiger partial charge on any atom is -0.314 e. The molecule has 1 heterocycles. The number of likely N-dealkylation sites (N-methyl/N-ethyl adjacent to an activating group) is 1. The van der Waals surface area contributed by atoms with E-state index in [4.69, 9.17) is 0 Å². The van der Waals surface area contributed by atoms with Gasteiger partial charge in [-0.1, -0.05) is 13.8 Å². The molecule has 0 aliphatic heterocycles. The van der Waals surface area contributed by atoms with E-state index < -0.39 is 0 Å². The van der Waals surface area contributed by atoms with Crippen LogP contribution in [0.5, 0.6) is 0 Å². The number of thiazole rings is 1. The minimum atomic E-state index is 0.589.